The fraction of sp³-hybridized carbons (Fsp3) is 0.227. The summed E-state index contributed by atoms with van der Waals surface area (Å²) >= 11 is 2.72. The van der Waals surface area contributed by atoms with E-state index in [0.717, 1.165) is 4.34 Å². The Morgan fingerprint density at radius 2 is 1.69 bits per heavy atom. The fourth-order valence-corrected chi connectivity index (χ4v) is 4.39. The van der Waals surface area contributed by atoms with E-state index >= 15 is 0 Å². The number of nitrogens with one attached hydrogen (secondary N) is 2. The average Bonchev–Trinajstić information content (AvgIpc) is 3.24. The van der Waals surface area contributed by atoms with Crippen LogP contribution < -0.4 is 24.8 Å². The Balaban J connectivity index is 1.49. The number of ether oxygens (including phenoxy) is 3. The molecular weight excluding hydrogens is 450 g/mol. The van der Waals surface area contributed by atoms with Gasteiger partial charge in [-0.05, 0) is 24.3 Å². The summed E-state index contributed by atoms with van der Waals surface area (Å²) in [4.78, 5) is 29.0. The number of methoxy groups -OCH3 is 3. The molecule has 10 heteroatoms. The second-order valence-electron chi connectivity index (χ2n) is 6.47. The van der Waals surface area contributed by atoms with E-state index in [4.69, 9.17) is 14.2 Å². The number of benzene rings is 2. The molecule has 0 spiro atoms. The molecule has 2 aromatic carbocycles. The summed E-state index contributed by atoms with van der Waals surface area (Å²) in [6.45, 7) is 0. The number of thiazole rings is 1. The Kier molecular flexibility index (Phi) is 8.34. The quantitative estimate of drug-likeness (QED) is 0.428. The lowest BCUT2D eigenvalue weighted by atomic mass is 10.2. The zero-order valence-corrected chi connectivity index (χ0v) is 19.5. The highest BCUT2D eigenvalue weighted by Crippen LogP contribution is 2.30. The highest BCUT2D eigenvalue weighted by molar-refractivity contribution is 8.01. The molecule has 168 valence electrons. The summed E-state index contributed by atoms with van der Waals surface area (Å²) in [5, 5.41) is 7.46. The van der Waals surface area contributed by atoms with E-state index in [2.05, 4.69) is 15.6 Å². The lowest BCUT2D eigenvalue weighted by Crippen LogP contribution is -2.15. The summed E-state index contributed by atoms with van der Waals surface area (Å²) in [7, 11) is 4.66. The molecule has 0 fully saturated rings. The van der Waals surface area contributed by atoms with Crippen molar-refractivity contribution in [1.29, 1.82) is 0 Å². The van der Waals surface area contributed by atoms with Gasteiger partial charge in [0.25, 0.3) is 0 Å². The van der Waals surface area contributed by atoms with Gasteiger partial charge in [-0.1, -0.05) is 17.8 Å². The van der Waals surface area contributed by atoms with Gasteiger partial charge in [-0.2, -0.15) is 0 Å². The molecule has 2 amide bonds. The predicted molar refractivity (Wildman–Crippen MR) is 126 cm³/mol. The molecule has 0 unspecified atom stereocenters. The minimum absolute atomic E-state index is 0.126. The van der Waals surface area contributed by atoms with Gasteiger partial charge in [0, 0.05) is 28.9 Å². The van der Waals surface area contributed by atoms with Gasteiger partial charge in [0.15, 0.2) is 15.8 Å². The van der Waals surface area contributed by atoms with Crippen molar-refractivity contribution in [3.05, 3.63) is 53.5 Å². The first kappa shape index (κ1) is 23.4. The number of rotatable bonds is 10. The molecule has 2 N–H and O–H groups in total. The molecule has 0 saturated heterocycles. The van der Waals surface area contributed by atoms with Crippen LogP contribution in [0.4, 0.5) is 11.4 Å². The third-order valence-corrected chi connectivity index (χ3v) is 6.29. The van der Waals surface area contributed by atoms with Gasteiger partial charge in [0.05, 0.1) is 39.2 Å². The van der Waals surface area contributed by atoms with Crippen molar-refractivity contribution in [1.82, 2.24) is 4.98 Å². The molecule has 0 bridgehead atoms. The molecule has 3 rings (SSSR count). The van der Waals surface area contributed by atoms with Crippen molar-refractivity contribution in [2.75, 3.05) is 37.7 Å². The summed E-state index contributed by atoms with van der Waals surface area (Å²) in [5.41, 5.74) is 1.91. The van der Waals surface area contributed by atoms with Crippen LogP contribution in [0.25, 0.3) is 0 Å². The highest BCUT2D eigenvalue weighted by atomic mass is 32.2. The van der Waals surface area contributed by atoms with E-state index in [9.17, 15) is 9.59 Å². The predicted octanol–water partition coefficient (Wildman–Crippen LogP) is 4.08. The van der Waals surface area contributed by atoms with Crippen LogP contribution >= 0.6 is 23.1 Å². The minimum Gasteiger partial charge on any atom is -0.497 e. The van der Waals surface area contributed by atoms with Crippen molar-refractivity contribution in [3.63, 3.8) is 0 Å². The Hall–Kier alpha value is -3.24. The molecule has 0 aliphatic heterocycles. The molecule has 1 aromatic heterocycles. The van der Waals surface area contributed by atoms with Crippen LogP contribution in [-0.4, -0.2) is 43.9 Å². The van der Waals surface area contributed by atoms with E-state index < -0.39 is 0 Å². The number of hydrogen-bond donors (Lipinski definition) is 2. The van der Waals surface area contributed by atoms with Crippen molar-refractivity contribution in [2.45, 2.75) is 10.8 Å². The van der Waals surface area contributed by atoms with Crippen molar-refractivity contribution in [3.8, 4) is 17.2 Å². The molecule has 0 radical (unpaired) electrons. The Labute approximate surface area is 194 Å². The number of carbonyl (C=O) groups is 2. The first-order valence-electron chi connectivity index (χ1n) is 9.53. The number of thioether (sulfide) groups is 1. The van der Waals surface area contributed by atoms with Gasteiger partial charge >= 0.3 is 0 Å². The number of hydrogen-bond acceptors (Lipinski definition) is 8. The monoisotopic (exact) mass is 473 g/mol. The Morgan fingerprint density at radius 3 is 2.44 bits per heavy atom. The lowest BCUT2D eigenvalue weighted by Gasteiger charge is -2.10. The molecule has 0 aliphatic rings. The van der Waals surface area contributed by atoms with Crippen molar-refractivity contribution in [2.24, 2.45) is 0 Å². The fourth-order valence-electron chi connectivity index (χ4n) is 2.74. The largest absolute Gasteiger partial charge is 0.497 e. The SMILES string of the molecule is COc1cccc(NC(=O)CSc2nc(CC(=O)Nc3ccc(OC)c(OC)c3)cs2)c1. The Morgan fingerprint density at radius 1 is 0.938 bits per heavy atom. The molecule has 0 saturated carbocycles. The summed E-state index contributed by atoms with van der Waals surface area (Å²) < 4.78 is 16.3. The second-order valence-corrected chi connectivity index (χ2v) is 8.55. The summed E-state index contributed by atoms with van der Waals surface area (Å²) in [5.74, 6) is 1.65. The number of nitrogens with zero attached hydrogens (tertiary/aromatic N) is 1. The van der Waals surface area contributed by atoms with E-state index in [1.807, 2.05) is 17.5 Å². The van der Waals surface area contributed by atoms with Crippen LogP contribution in [0.1, 0.15) is 5.69 Å². The maximum Gasteiger partial charge on any atom is 0.234 e. The molecular formula is C22H23N3O5S2. The molecule has 8 nitrogen and oxygen atoms in total. The molecule has 1 heterocycles. The van der Waals surface area contributed by atoms with E-state index in [0.29, 0.717) is 34.3 Å². The van der Waals surface area contributed by atoms with Crippen LogP contribution in [0.3, 0.4) is 0 Å². The van der Waals surface area contributed by atoms with E-state index in [1.54, 1.807) is 44.6 Å². The second kappa shape index (κ2) is 11.4. The Bertz CT molecular complexity index is 1090. The zero-order valence-electron chi connectivity index (χ0n) is 17.8. The maximum atomic E-state index is 12.4. The number of amides is 2. The number of carbonyl (C=O) groups excluding carboxylic acids is 2. The van der Waals surface area contributed by atoms with Gasteiger partial charge in [0.1, 0.15) is 5.75 Å². The number of aromatic nitrogens is 1. The standard InChI is InChI=1S/C22H23N3O5S2/c1-28-17-6-4-5-14(9-17)24-21(27)13-32-22-25-16(12-31-22)11-20(26)23-15-7-8-18(29-2)19(10-15)30-3/h4-10,12H,11,13H2,1-3H3,(H,23,26)(H,24,27). The summed E-state index contributed by atoms with van der Waals surface area (Å²) in [6.07, 6.45) is 0.126. The van der Waals surface area contributed by atoms with Crippen LogP contribution in [0.5, 0.6) is 17.2 Å². The van der Waals surface area contributed by atoms with Gasteiger partial charge in [0.2, 0.25) is 11.8 Å². The highest BCUT2D eigenvalue weighted by Gasteiger charge is 2.12. The smallest absolute Gasteiger partial charge is 0.234 e. The van der Waals surface area contributed by atoms with Crippen LogP contribution in [0, 0.1) is 0 Å². The zero-order chi connectivity index (χ0) is 22.9. The third kappa shape index (κ3) is 6.63. The normalized spacial score (nSPS) is 10.3. The third-order valence-electron chi connectivity index (χ3n) is 4.22. The van der Waals surface area contributed by atoms with Crippen molar-refractivity contribution >= 4 is 46.3 Å². The van der Waals surface area contributed by atoms with Crippen molar-refractivity contribution < 1.29 is 23.8 Å². The summed E-state index contributed by atoms with van der Waals surface area (Å²) in [6, 6.07) is 12.3. The van der Waals surface area contributed by atoms with Crippen LogP contribution in [-0.2, 0) is 16.0 Å². The molecule has 0 atom stereocenters. The van der Waals surface area contributed by atoms with E-state index in [1.165, 1.54) is 30.2 Å². The molecule has 3 aromatic rings. The first-order valence-corrected chi connectivity index (χ1v) is 11.4. The maximum absolute atomic E-state index is 12.4. The molecule has 32 heavy (non-hydrogen) atoms. The van der Waals surface area contributed by atoms with Gasteiger partial charge < -0.3 is 24.8 Å². The van der Waals surface area contributed by atoms with E-state index in [-0.39, 0.29) is 24.0 Å². The number of anilines is 2. The van der Waals surface area contributed by atoms with Crippen LogP contribution in [0.15, 0.2) is 52.2 Å². The van der Waals surface area contributed by atoms with Crippen LogP contribution in [0.2, 0.25) is 0 Å². The minimum atomic E-state index is -0.199. The topological polar surface area (TPSA) is 98.8 Å². The average molecular weight is 474 g/mol. The van der Waals surface area contributed by atoms with Gasteiger partial charge in [-0.3, -0.25) is 9.59 Å². The van der Waals surface area contributed by atoms with Gasteiger partial charge in [-0.15, -0.1) is 11.3 Å². The first-order chi connectivity index (χ1) is 15.5. The van der Waals surface area contributed by atoms with Gasteiger partial charge in [-0.25, -0.2) is 4.98 Å². The lowest BCUT2D eigenvalue weighted by molar-refractivity contribution is -0.116. The molecule has 0 aliphatic carbocycles.